The van der Waals surface area contributed by atoms with Crippen LogP contribution in [0.25, 0.3) is 0 Å². The summed E-state index contributed by atoms with van der Waals surface area (Å²) in [6.45, 7) is 1.81. The van der Waals surface area contributed by atoms with E-state index in [1.165, 1.54) is 44.1 Å². The molecule has 19 heavy (non-hydrogen) atoms. The van der Waals surface area contributed by atoms with Crippen LogP contribution in [0, 0.1) is 5.92 Å². The van der Waals surface area contributed by atoms with E-state index in [9.17, 15) is 0 Å². The minimum Gasteiger partial charge on any atom is -0.379 e. The van der Waals surface area contributed by atoms with Crippen LogP contribution < -0.4 is 5.73 Å². The molecule has 1 aromatic carbocycles. The molecule has 0 spiro atoms. The summed E-state index contributed by atoms with van der Waals surface area (Å²) < 4.78 is 5.59. The second-order valence-corrected chi connectivity index (χ2v) is 6.77. The molecule has 0 atom stereocenters. The number of rotatable bonds is 2. The molecule has 0 unspecified atom stereocenters. The van der Waals surface area contributed by atoms with Crippen LogP contribution in [0.3, 0.4) is 0 Å². The Morgan fingerprint density at radius 1 is 1.05 bits per heavy atom. The van der Waals surface area contributed by atoms with Crippen molar-refractivity contribution in [1.82, 2.24) is 0 Å². The minimum absolute atomic E-state index is 0.294. The van der Waals surface area contributed by atoms with Crippen LogP contribution in [0.15, 0.2) is 18.2 Å². The van der Waals surface area contributed by atoms with Gasteiger partial charge in [-0.05, 0) is 61.1 Å². The number of hydrogen-bond donors (Lipinski definition) is 1. The summed E-state index contributed by atoms with van der Waals surface area (Å²) in [5.74, 6) is 0.748. The average molecular weight is 257 g/mol. The molecule has 1 aromatic rings. The van der Waals surface area contributed by atoms with Crippen molar-refractivity contribution in [2.45, 2.75) is 50.0 Å². The van der Waals surface area contributed by atoms with Crippen LogP contribution in [0.1, 0.15) is 42.4 Å². The lowest BCUT2D eigenvalue weighted by atomic mass is 9.59. The van der Waals surface area contributed by atoms with Crippen molar-refractivity contribution in [3.05, 3.63) is 34.9 Å². The van der Waals surface area contributed by atoms with Crippen molar-refractivity contribution in [3.8, 4) is 0 Å². The maximum Gasteiger partial charge on any atom is 0.0588 e. The number of fused-ring (bicyclic) bond motifs is 1. The molecule has 2 heteroatoms. The number of hydrogen-bond acceptors (Lipinski definition) is 2. The Morgan fingerprint density at radius 3 is 2.42 bits per heavy atom. The van der Waals surface area contributed by atoms with Gasteiger partial charge in [0, 0.05) is 11.5 Å². The molecule has 2 aliphatic carbocycles. The Bertz CT molecular complexity index is 486. The molecule has 0 radical (unpaired) electrons. The third-order valence-electron chi connectivity index (χ3n) is 5.60. The van der Waals surface area contributed by atoms with Gasteiger partial charge in [0.1, 0.15) is 0 Å². The first-order valence-corrected chi connectivity index (χ1v) is 7.73. The van der Waals surface area contributed by atoms with E-state index in [1.807, 2.05) is 0 Å². The van der Waals surface area contributed by atoms with E-state index in [1.54, 1.807) is 11.1 Å². The van der Waals surface area contributed by atoms with Gasteiger partial charge in [0.2, 0.25) is 0 Å². The summed E-state index contributed by atoms with van der Waals surface area (Å²) in [6.07, 6.45) is 7.62. The van der Waals surface area contributed by atoms with E-state index < -0.39 is 0 Å². The van der Waals surface area contributed by atoms with Gasteiger partial charge in [-0.2, -0.15) is 0 Å². The third-order valence-corrected chi connectivity index (χ3v) is 5.60. The summed E-state index contributed by atoms with van der Waals surface area (Å²) in [4.78, 5) is 0. The van der Waals surface area contributed by atoms with Gasteiger partial charge in [-0.15, -0.1) is 0 Å². The van der Waals surface area contributed by atoms with Crippen molar-refractivity contribution >= 4 is 0 Å². The maximum absolute atomic E-state index is 5.99. The van der Waals surface area contributed by atoms with Gasteiger partial charge in [-0.1, -0.05) is 18.2 Å². The fourth-order valence-electron chi connectivity index (χ4n) is 4.12. The molecule has 4 rings (SSSR count). The normalized spacial score (nSPS) is 32.1. The molecule has 2 nitrogen and oxygen atoms in total. The quantitative estimate of drug-likeness (QED) is 0.884. The van der Waals surface area contributed by atoms with Gasteiger partial charge in [-0.25, -0.2) is 0 Å². The lowest BCUT2D eigenvalue weighted by Gasteiger charge is -2.53. The monoisotopic (exact) mass is 257 g/mol. The Hall–Kier alpha value is -0.860. The molecule has 2 fully saturated rings. The van der Waals surface area contributed by atoms with E-state index in [0.717, 1.165) is 19.1 Å². The number of benzene rings is 1. The zero-order valence-corrected chi connectivity index (χ0v) is 11.5. The topological polar surface area (TPSA) is 35.2 Å². The SMILES string of the molecule is NC1CC(C2(c3ccc4c(c3)CCCC4)COC2)C1. The summed E-state index contributed by atoms with van der Waals surface area (Å²) in [6, 6.07) is 7.67. The first-order valence-electron chi connectivity index (χ1n) is 7.73. The van der Waals surface area contributed by atoms with Crippen LogP contribution in [-0.2, 0) is 23.0 Å². The maximum atomic E-state index is 5.99. The van der Waals surface area contributed by atoms with E-state index in [4.69, 9.17) is 10.5 Å². The number of nitrogens with two attached hydrogens (primary N) is 1. The van der Waals surface area contributed by atoms with E-state index in [-0.39, 0.29) is 0 Å². The highest BCUT2D eigenvalue weighted by Crippen LogP contribution is 2.48. The largest absolute Gasteiger partial charge is 0.379 e. The zero-order chi connectivity index (χ0) is 12.9. The minimum atomic E-state index is 0.294. The summed E-state index contributed by atoms with van der Waals surface area (Å²) in [5.41, 5.74) is 11.0. The Morgan fingerprint density at radius 2 is 1.79 bits per heavy atom. The molecule has 1 aliphatic heterocycles. The molecular formula is C17H23NO. The lowest BCUT2D eigenvalue weighted by Crippen LogP contribution is -2.58. The molecule has 3 aliphatic rings. The van der Waals surface area contributed by atoms with E-state index in [0.29, 0.717) is 11.5 Å². The molecule has 102 valence electrons. The average Bonchev–Trinajstić information content (AvgIpc) is 2.35. The Labute approximate surface area is 115 Å². The second-order valence-electron chi connectivity index (χ2n) is 6.77. The van der Waals surface area contributed by atoms with Crippen LogP contribution in [0.5, 0.6) is 0 Å². The molecule has 1 heterocycles. The molecule has 0 bridgehead atoms. The highest BCUT2D eigenvalue weighted by atomic mass is 16.5. The first-order chi connectivity index (χ1) is 9.28. The molecular weight excluding hydrogens is 234 g/mol. The fourth-order valence-corrected chi connectivity index (χ4v) is 4.12. The molecule has 0 amide bonds. The molecule has 2 N–H and O–H groups in total. The zero-order valence-electron chi connectivity index (χ0n) is 11.5. The van der Waals surface area contributed by atoms with Crippen LogP contribution in [0.2, 0.25) is 0 Å². The summed E-state index contributed by atoms with van der Waals surface area (Å²) in [7, 11) is 0. The van der Waals surface area contributed by atoms with Crippen LogP contribution in [-0.4, -0.2) is 19.3 Å². The van der Waals surface area contributed by atoms with E-state index >= 15 is 0 Å². The van der Waals surface area contributed by atoms with Crippen LogP contribution in [0.4, 0.5) is 0 Å². The van der Waals surface area contributed by atoms with Gasteiger partial charge >= 0.3 is 0 Å². The predicted molar refractivity (Wildman–Crippen MR) is 76.3 cm³/mol. The summed E-state index contributed by atoms with van der Waals surface area (Å²) in [5, 5.41) is 0. The highest BCUT2D eigenvalue weighted by molar-refractivity contribution is 5.39. The van der Waals surface area contributed by atoms with Crippen molar-refractivity contribution in [2.24, 2.45) is 11.7 Å². The smallest absolute Gasteiger partial charge is 0.0588 e. The standard InChI is InChI=1S/C17H23NO/c18-16-8-15(9-16)17(10-19-11-17)14-6-5-12-3-1-2-4-13(12)7-14/h5-7,15-16H,1-4,8-11,18H2. The van der Waals surface area contributed by atoms with Gasteiger partial charge in [0.25, 0.3) is 0 Å². The van der Waals surface area contributed by atoms with Gasteiger partial charge in [0.15, 0.2) is 0 Å². The third kappa shape index (κ3) is 1.77. The molecule has 1 saturated heterocycles. The fraction of sp³-hybridized carbons (Fsp3) is 0.647. The van der Waals surface area contributed by atoms with Gasteiger partial charge in [-0.3, -0.25) is 0 Å². The summed E-state index contributed by atoms with van der Waals surface area (Å²) >= 11 is 0. The van der Waals surface area contributed by atoms with E-state index in [2.05, 4.69) is 18.2 Å². The van der Waals surface area contributed by atoms with Gasteiger partial charge < -0.3 is 10.5 Å². The lowest BCUT2D eigenvalue weighted by molar-refractivity contribution is -0.111. The van der Waals surface area contributed by atoms with Crippen molar-refractivity contribution < 1.29 is 4.74 Å². The van der Waals surface area contributed by atoms with Crippen molar-refractivity contribution in [1.29, 1.82) is 0 Å². The van der Waals surface area contributed by atoms with Crippen molar-refractivity contribution in [3.63, 3.8) is 0 Å². The Balaban J connectivity index is 1.66. The highest BCUT2D eigenvalue weighted by Gasteiger charge is 2.51. The number of aryl methyl sites for hydroxylation is 2. The number of ether oxygens (including phenoxy) is 1. The van der Waals surface area contributed by atoms with Crippen LogP contribution >= 0.6 is 0 Å². The first kappa shape index (κ1) is 11.9. The predicted octanol–water partition coefficient (Wildman–Crippen LogP) is 2.57. The van der Waals surface area contributed by atoms with Crippen molar-refractivity contribution in [2.75, 3.05) is 13.2 Å². The molecule has 0 aromatic heterocycles. The van der Waals surface area contributed by atoms with Gasteiger partial charge in [0.05, 0.1) is 13.2 Å². The Kier molecular flexibility index (Phi) is 2.71. The molecule has 1 saturated carbocycles. The second kappa shape index (κ2) is 4.32.